The van der Waals surface area contributed by atoms with Gasteiger partial charge in [-0.1, -0.05) is 0 Å². The number of hydrogen-bond donors (Lipinski definition) is 2. The normalized spacial score (nSPS) is 24.8. The summed E-state index contributed by atoms with van der Waals surface area (Å²) in [6.45, 7) is 6.07. The van der Waals surface area contributed by atoms with Crippen LogP contribution in [0.4, 0.5) is 4.79 Å². The predicted octanol–water partition coefficient (Wildman–Crippen LogP) is 0.655. The van der Waals surface area contributed by atoms with Crippen molar-refractivity contribution in [2.75, 3.05) is 13.1 Å². The molecule has 0 aromatic carbocycles. The van der Waals surface area contributed by atoms with Crippen LogP contribution in [0, 0.1) is 5.92 Å². The smallest absolute Gasteiger partial charge is 0.410 e. The molecule has 6 nitrogen and oxygen atoms in total. The first kappa shape index (κ1) is 13.8. The van der Waals surface area contributed by atoms with Crippen LogP contribution in [0.1, 0.15) is 27.2 Å². The highest BCUT2D eigenvalue weighted by Crippen LogP contribution is 2.21. The van der Waals surface area contributed by atoms with E-state index in [1.807, 2.05) is 0 Å². The van der Waals surface area contributed by atoms with Crippen molar-refractivity contribution in [3.05, 3.63) is 0 Å². The van der Waals surface area contributed by atoms with E-state index >= 15 is 0 Å². The summed E-state index contributed by atoms with van der Waals surface area (Å²) in [7, 11) is 0. The molecule has 98 valence electrons. The van der Waals surface area contributed by atoms with Crippen LogP contribution in [0.2, 0.25) is 0 Å². The third kappa shape index (κ3) is 4.22. The fourth-order valence-corrected chi connectivity index (χ4v) is 1.81. The standard InChI is InChI=1S/C11H20N2O4/c1-11(2,3)17-10(16)13-5-7(4-9(14)15)8(12)6-13/h7-8H,4-6,12H2,1-3H3,(H,14,15)/t7-,8-/m1/s1. The molecule has 0 spiro atoms. The highest BCUT2D eigenvalue weighted by atomic mass is 16.6. The van der Waals surface area contributed by atoms with Gasteiger partial charge < -0.3 is 20.5 Å². The fourth-order valence-electron chi connectivity index (χ4n) is 1.81. The molecule has 3 N–H and O–H groups in total. The van der Waals surface area contributed by atoms with E-state index in [1.165, 1.54) is 4.90 Å². The summed E-state index contributed by atoms with van der Waals surface area (Å²) in [5.41, 5.74) is 5.26. The lowest BCUT2D eigenvalue weighted by Gasteiger charge is -2.24. The Hall–Kier alpha value is -1.30. The summed E-state index contributed by atoms with van der Waals surface area (Å²) in [6, 6.07) is -0.293. The number of ether oxygens (including phenoxy) is 1. The van der Waals surface area contributed by atoms with Gasteiger partial charge in [0.05, 0.1) is 6.42 Å². The number of carboxylic acid groups (broad SMARTS) is 1. The maximum absolute atomic E-state index is 11.7. The molecular weight excluding hydrogens is 224 g/mol. The van der Waals surface area contributed by atoms with Gasteiger partial charge in [-0.2, -0.15) is 0 Å². The van der Waals surface area contributed by atoms with E-state index in [2.05, 4.69) is 0 Å². The Balaban J connectivity index is 2.53. The Kier molecular flexibility index (Phi) is 3.98. The van der Waals surface area contributed by atoms with Crippen LogP contribution in [0.25, 0.3) is 0 Å². The van der Waals surface area contributed by atoms with Crippen LogP contribution >= 0.6 is 0 Å². The van der Waals surface area contributed by atoms with Crippen LogP contribution in [0.5, 0.6) is 0 Å². The van der Waals surface area contributed by atoms with E-state index in [4.69, 9.17) is 15.6 Å². The van der Waals surface area contributed by atoms with Gasteiger partial charge in [-0.3, -0.25) is 4.79 Å². The van der Waals surface area contributed by atoms with Crippen molar-refractivity contribution in [2.24, 2.45) is 11.7 Å². The van der Waals surface area contributed by atoms with Crippen molar-refractivity contribution in [3.63, 3.8) is 0 Å². The number of hydrogen-bond acceptors (Lipinski definition) is 4. The van der Waals surface area contributed by atoms with E-state index in [1.54, 1.807) is 20.8 Å². The third-order valence-electron chi connectivity index (χ3n) is 2.58. The molecule has 0 saturated carbocycles. The quantitative estimate of drug-likeness (QED) is 0.744. The van der Waals surface area contributed by atoms with Gasteiger partial charge >= 0.3 is 12.1 Å². The Morgan fingerprint density at radius 2 is 2.00 bits per heavy atom. The number of likely N-dealkylation sites (tertiary alicyclic amines) is 1. The lowest BCUT2D eigenvalue weighted by atomic mass is 10.0. The fraction of sp³-hybridized carbons (Fsp3) is 0.818. The number of carbonyl (C=O) groups is 2. The lowest BCUT2D eigenvalue weighted by Crippen LogP contribution is -2.36. The first-order valence-electron chi connectivity index (χ1n) is 5.64. The zero-order chi connectivity index (χ0) is 13.2. The average Bonchev–Trinajstić information content (AvgIpc) is 2.44. The molecule has 2 atom stereocenters. The molecule has 1 amide bonds. The maximum Gasteiger partial charge on any atom is 0.410 e. The molecule has 0 bridgehead atoms. The topological polar surface area (TPSA) is 92.9 Å². The second-order valence-corrected chi connectivity index (χ2v) is 5.41. The van der Waals surface area contributed by atoms with Crippen molar-refractivity contribution in [2.45, 2.75) is 38.8 Å². The van der Waals surface area contributed by atoms with Crippen LogP contribution in [-0.4, -0.2) is 46.8 Å². The summed E-state index contributed by atoms with van der Waals surface area (Å²) >= 11 is 0. The van der Waals surface area contributed by atoms with Gasteiger partial charge in [0, 0.05) is 25.0 Å². The molecule has 0 aromatic rings. The summed E-state index contributed by atoms with van der Waals surface area (Å²) < 4.78 is 5.21. The summed E-state index contributed by atoms with van der Waals surface area (Å²) in [6.07, 6.45) is -0.443. The maximum atomic E-state index is 11.7. The molecule has 0 aliphatic carbocycles. The Morgan fingerprint density at radius 1 is 1.41 bits per heavy atom. The van der Waals surface area contributed by atoms with Gasteiger partial charge in [-0.05, 0) is 20.8 Å². The van der Waals surface area contributed by atoms with Crippen LogP contribution < -0.4 is 5.73 Å². The number of amides is 1. The number of nitrogens with two attached hydrogens (primary N) is 1. The molecule has 0 aromatic heterocycles. The Bertz CT molecular complexity index is 311. The first-order chi connectivity index (χ1) is 7.69. The Labute approximate surface area is 101 Å². The number of aliphatic carboxylic acids is 1. The second kappa shape index (κ2) is 4.91. The zero-order valence-corrected chi connectivity index (χ0v) is 10.5. The van der Waals surface area contributed by atoms with E-state index < -0.39 is 17.7 Å². The van der Waals surface area contributed by atoms with E-state index in [0.29, 0.717) is 13.1 Å². The molecule has 17 heavy (non-hydrogen) atoms. The molecule has 0 unspecified atom stereocenters. The van der Waals surface area contributed by atoms with E-state index in [9.17, 15) is 9.59 Å². The Morgan fingerprint density at radius 3 is 2.47 bits per heavy atom. The minimum absolute atomic E-state index is 0.0134. The van der Waals surface area contributed by atoms with Crippen molar-refractivity contribution >= 4 is 12.1 Å². The molecule has 1 rings (SSSR count). The van der Waals surface area contributed by atoms with Crippen LogP contribution in [-0.2, 0) is 9.53 Å². The molecule has 1 aliphatic heterocycles. The van der Waals surface area contributed by atoms with Gasteiger partial charge in [-0.25, -0.2) is 4.79 Å². The van der Waals surface area contributed by atoms with Gasteiger partial charge in [0.2, 0.25) is 0 Å². The summed E-state index contributed by atoms with van der Waals surface area (Å²) in [4.78, 5) is 23.8. The lowest BCUT2D eigenvalue weighted by molar-refractivity contribution is -0.138. The number of carboxylic acids is 1. The predicted molar refractivity (Wildman–Crippen MR) is 61.5 cm³/mol. The van der Waals surface area contributed by atoms with Gasteiger partial charge in [0.25, 0.3) is 0 Å². The highest BCUT2D eigenvalue weighted by molar-refractivity contribution is 5.70. The molecular formula is C11H20N2O4. The van der Waals surface area contributed by atoms with E-state index in [-0.39, 0.29) is 18.4 Å². The number of carbonyl (C=O) groups excluding carboxylic acids is 1. The van der Waals surface area contributed by atoms with Crippen molar-refractivity contribution in [1.82, 2.24) is 4.90 Å². The highest BCUT2D eigenvalue weighted by Gasteiger charge is 2.36. The number of rotatable bonds is 2. The van der Waals surface area contributed by atoms with Gasteiger partial charge in [0.1, 0.15) is 5.60 Å². The molecule has 6 heteroatoms. The zero-order valence-electron chi connectivity index (χ0n) is 10.5. The molecule has 0 radical (unpaired) electrons. The van der Waals surface area contributed by atoms with Crippen LogP contribution in [0.3, 0.4) is 0 Å². The largest absolute Gasteiger partial charge is 0.481 e. The molecule has 1 saturated heterocycles. The molecule has 1 heterocycles. The minimum atomic E-state index is -0.892. The summed E-state index contributed by atoms with van der Waals surface area (Å²) in [5.74, 6) is -1.09. The van der Waals surface area contributed by atoms with E-state index in [0.717, 1.165) is 0 Å². The van der Waals surface area contributed by atoms with Crippen LogP contribution in [0.15, 0.2) is 0 Å². The second-order valence-electron chi connectivity index (χ2n) is 5.41. The number of nitrogens with zero attached hydrogens (tertiary/aromatic N) is 1. The molecule has 1 aliphatic rings. The van der Waals surface area contributed by atoms with Crippen molar-refractivity contribution in [3.8, 4) is 0 Å². The van der Waals surface area contributed by atoms with Gasteiger partial charge in [0.15, 0.2) is 0 Å². The summed E-state index contributed by atoms with van der Waals surface area (Å²) in [5, 5.41) is 8.71. The third-order valence-corrected chi connectivity index (χ3v) is 2.58. The SMILES string of the molecule is CC(C)(C)OC(=O)N1C[C@@H](CC(=O)O)[C@H](N)C1. The first-order valence-corrected chi connectivity index (χ1v) is 5.64. The monoisotopic (exact) mass is 244 g/mol. The molecule has 1 fully saturated rings. The van der Waals surface area contributed by atoms with Crippen molar-refractivity contribution in [1.29, 1.82) is 0 Å². The minimum Gasteiger partial charge on any atom is -0.481 e. The van der Waals surface area contributed by atoms with Gasteiger partial charge in [-0.15, -0.1) is 0 Å². The van der Waals surface area contributed by atoms with Crippen molar-refractivity contribution < 1.29 is 19.4 Å². The average molecular weight is 244 g/mol.